The molecule has 0 saturated heterocycles. The van der Waals surface area contributed by atoms with Crippen LogP contribution < -0.4 is 0 Å². The summed E-state index contributed by atoms with van der Waals surface area (Å²) in [6.07, 6.45) is 16.5. The quantitative estimate of drug-likeness (QED) is 0.431. The van der Waals surface area contributed by atoms with Crippen molar-refractivity contribution in [1.29, 1.82) is 0 Å². The molecule has 0 spiro atoms. The Balaban J connectivity index is -0.000000170. The Morgan fingerprint density at radius 3 is 1.41 bits per heavy atom. The monoisotopic (exact) mass is 278 g/mol. The molecule has 0 nitrogen and oxygen atoms in total. The Kier molecular flexibility index (Phi) is 27.8. The Morgan fingerprint density at radius 2 is 1.35 bits per heavy atom. The second-order valence-electron chi connectivity index (χ2n) is 4.17. The van der Waals surface area contributed by atoms with Gasteiger partial charge in [-0.1, -0.05) is 73.1 Å². The van der Waals surface area contributed by atoms with Crippen LogP contribution in [-0.2, 0) is 17.1 Å². The SMILES string of the molecule is CC1=[C-]CC=C1.CCCCC.CCCCC.[Mn]. The molecule has 1 heteroatoms. The first-order valence-electron chi connectivity index (χ1n) is 6.96. The van der Waals surface area contributed by atoms with Gasteiger partial charge in [-0.3, -0.25) is 6.08 Å². The van der Waals surface area contributed by atoms with Crippen LogP contribution >= 0.6 is 0 Å². The normalized spacial score (nSPS) is 11.5. The molecule has 1 aliphatic rings. The molecule has 0 saturated carbocycles. The van der Waals surface area contributed by atoms with Gasteiger partial charge in [-0.05, 0) is 0 Å². The van der Waals surface area contributed by atoms with Gasteiger partial charge in [0.1, 0.15) is 0 Å². The van der Waals surface area contributed by atoms with Crippen molar-refractivity contribution < 1.29 is 17.1 Å². The summed E-state index contributed by atoms with van der Waals surface area (Å²) in [5.74, 6) is 0. The van der Waals surface area contributed by atoms with Gasteiger partial charge in [-0.2, -0.15) is 6.08 Å². The van der Waals surface area contributed by atoms with Gasteiger partial charge in [0, 0.05) is 17.1 Å². The predicted molar refractivity (Wildman–Crippen MR) is 76.6 cm³/mol. The number of unbranched alkanes of at least 4 members (excludes halogenated alkanes) is 4. The van der Waals surface area contributed by atoms with E-state index in [-0.39, 0.29) is 17.1 Å². The minimum absolute atomic E-state index is 0. The molecule has 1 aliphatic carbocycles. The zero-order valence-corrected chi connectivity index (χ0v) is 13.7. The van der Waals surface area contributed by atoms with Crippen molar-refractivity contribution in [2.75, 3.05) is 0 Å². The second-order valence-corrected chi connectivity index (χ2v) is 4.17. The maximum atomic E-state index is 3.12. The topological polar surface area (TPSA) is 0 Å². The summed E-state index contributed by atoms with van der Waals surface area (Å²) < 4.78 is 0. The molecular weight excluding hydrogens is 247 g/mol. The standard InChI is InChI=1S/C6H7.2C5H12.Mn/c1-6-4-2-3-5-6;2*1-3-5-4-2;/h2,4H,3H2,1H3;2*3-5H2,1-2H3;/q-1;;;. The number of allylic oxidation sites excluding steroid dienone is 4. The van der Waals surface area contributed by atoms with Gasteiger partial charge < -0.3 is 0 Å². The number of rotatable bonds is 4. The third-order valence-corrected chi connectivity index (χ3v) is 2.28. The average Bonchev–Trinajstić information content (AvgIpc) is 2.73. The zero-order chi connectivity index (χ0) is 12.6. The van der Waals surface area contributed by atoms with E-state index in [2.05, 4.69) is 52.8 Å². The Morgan fingerprint density at radius 1 is 0.941 bits per heavy atom. The van der Waals surface area contributed by atoms with Crippen molar-refractivity contribution >= 4 is 0 Å². The van der Waals surface area contributed by atoms with Crippen LogP contribution in [0.5, 0.6) is 0 Å². The fraction of sp³-hybridized carbons (Fsp3) is 0.750. The van der Waals surface area contributed by atoms with E-state index in [0.29, 0.717) is 0 Å². The van der Waals surface area contributed by atoms with Crippen LogP contribution in [0.1, 0.15) is 79.6 Å². The van der Waals surface area contributed by atoms with E-state index >= 15 is 0 Å². The first-order chi connectivity index (χ1) is 7.72. The van der Waals surface area contributed by atoms with E-state index in [9.17, 15) is 0 Å². The summed E-state index contributed by atoms with van der Waals surface area (Å²) in [4.78, 5) is 0. The first-order valence-corrected chi connectivity index (χ1v) is 6.96. The van der Waals surface area contributed by atoms with Crippen molar-refractivity contribution in [2.45, 2.75) is 79.6 Å². The summed E-state index contributed by atoms with van der Waals surface area (Å²) in [6, 6.07) is 0. The van der Waals surface area contributed by atoms with E-state index in [1.54, 1.807) is 0 Å². The maximum absolute atomic E-state index is 3.12. The smallest absolute Gasteiger partial charge is 0 e. The second kappa shape index (κ2) is 21.3. The molecule has 0 N–H and O–H groups in total. The van der Waals surface area contributed by atoms with E-state index < -0.39 is 0 Å². The molecule has 0 unspecified atom stereocenters. The van der Waals surface area contributed by atoms with Crippen LogP contribution in [-0.4, -0.2) is 0 Å². The van der Waals surface area contributed by atoms with Gasteiger partial charge in [0.2, 0.25) is 0 Å². The minimum atomic E-state index is 0. The fourth-order valence-electron chi connectivity index (χ4n) is 1.22. The average molecular weight is 278 g/mol. The molecule has 0 atom stereocenters. The molecule has 0 amide bonds. The molecule has 17 heavy (non-hydrogen) atoms. The van der Waals surface area contributed by atoms with Gasteiger partial charge in [0.15, 0.2) is 0 Å². The molecular formula is C16H31Mn-. The van der Waals surface area contributed by atoms with Crippen LogP contribution in [0.15, 0.2) is 17.7 Å². The van der Waals surface area contributed by atoms with Crippen LogP contribution in [0.25, 0.3) is 0 Å². The predicted octanol–water partition coefficient (Wildman–Crippen LogP) is 6.09. The Bertz CT molecular complexity index is 156. The Hall–Kier alpha value is -0.000519. The third-order valence-electron chi connectivity index (χ3n) is 2.28. The summed E-state index contributed by atoms with van der Waals surface area (Å²) in [5, 5.41) is 0. The first kappa shape index (κ1) is 22.2. The summed E-state index contributed by atoms with van der Waals surface area (Å²) >= 11 is 0. The van der Waals surface area contributed by atoms with E-state index in [4.69, 9.17) is 0 Å². The van der Waals surface area contributed by atoms with Crippen molar-refractivity contribution in [2.24, 2.45) is 0 Å². The van der Waals surface area contributed by atoms with Gasteiger partial charge >= 0.3 is 0 Å². The maximum Gasteiger partial charge on any atom is 0 e. The molecule has 0 aromatic rings. The molecule has 103 valence electrons. The minimum Gasteiger partial charge on any atom is -0.270 e. The number of hydrogen-bond donors (Lipinski definition) is 0. The molecule has 0 bridgehead atoms. The van der Waals surface area contributed by atoms with Crippen molar-refractivity contribution in [3.63, 3.8) is 0 Å². The molecule has 0 aliphatic heterocycles. The fourth-order valence-corrected chi connectivity index (χ4v) is 1.22. The molecule has 0 fully saturated rings. The van der Waals surface area contributed by atoms with Crippen molar-refractivity contribution in [3.8, 4) is 0 Å². The van der Waals surface area contributed by atoms with Gasteiger partial charge in [0.25, 0.3) is 0 Å². The van der Waals surface area contributed by atoms with Crippen LogP contribution in [0, 0.1) is 6.08 Å². The van der Waals surface area contributed by atoms with Crippen LogP contribution in [0.2, 0.25) is 0 Å². The zero-order valence-electron chi connectivity index (χ0n) is 12.5. The van der Waals surface area contributed by atoms with Gasteiger partial charge in [0.05, 0.1) is 0 Å². The number of hydrogen-bond acceptors (Lipinski definition) is 0. The summed E-state index contributed by atoms with van der Waals surface area (Å²) in [7, 11) is 0. The van der Waals surface area contributed by atoms with Crippen LogP contribution in [0.3, 0.4) is 0 Å². The molecule has 0 aromatic carbocycles. The summed E-state index contributed by atoms with van der Waals surface area (Å²) in [5.41, 5.74) is 1.27. The molecule has 0 heterocycles. The van der Waals surface area contributed by atoms with Gasteiger partial charge in [-0.25, -0.2) is 11.6 Å². The van der Waals surface area contributed by atoms with Gasteiger partial charge in [-0.15, -0.1) is 6.42 Å². The van der Waals surface area contributed by atoms with Crippen molar-refractivity contribution in [3.05, 3.63) is 23.8 Å². The van der Waals surface area contributed by atoms with Crippen LogP contribution in [0.4, 0.5) is 0 Å². The Labute approximate surface area is 120 Å². The van der Waals surface area contributed by atoms with E-state index in [1.807, 2.05) is 0 Å². The van der Waals surface area contributed by atoms with E-state index in [1.165, 1.54) is 44.1 Å². The molecule has 1 radical (unpaired) electrons. The van der Waals surface area contributed by atoms with E-state index in [0.717, 1.165) is 6.42 Å². The molecule has 1 rings (SSSR count). The van der Waals surface area contributed by atoms with Crippen molar-refractivity contribution in [1.82, 2.24) is 0 Å². The molecule has 0 aromatic heterocycles. The summed E-state index contributed by atoms with van der Waals surface area (Å²) in [6.45, 7) is 10.9. The third kappa shape index (κ3) is 25.9. The largest absolute Gasteiger partial charge is 0.270 e.